The maximum absolute atomic E-state index is 12.2. The highest BCUT2D eigenvalue weighted by molar-refractivity contribution is 7.19. The van der Waals surface area contributed by atoms with Crippen molar-refractivity contribution in [3.63, 3.8) is 0 Å². The molecule has 0 unspecified atom stereocenters. The third kappa shape index (κ3) is 4.40. The average molecular weight is 371 g/mol. The lowest BCUT2D eigenvalue weighted by atomic mass is 10.1. The maximum atomic E-state index is 12.2. The molecule has 1 atom stereocenters. The monoisotopic (exact) mass is 371 g/mol. The normalized spacial score (nSPS) is 16.9. The molecular formula is C19H21N3O3S. The topological polar surface area (TPSA) is 84.2 Å². The quantitative estimate of drug-likeness (QED) is 0.859. The summed E-state index contributed by atoms with van der Waals surface area (Å²) in [7, 11) is 0. The fourth-order valence-electron chi connectivity index (χ4n) is 2.72. The summed E-state index contributed by atoms with van der Waals surface area (Å²) in [5, 5.41) is 12.6. The maximum Gasteiger partial charge on any atom is 0.255 e. The number of nitrogens with one attached hydrogen (secondary N) is 1. The Balaban J connectivity index is 1.75. The van der Waals surface area contributed by atoms with Crippen LogP contribution in [0.2, 0.25) is 0 Å². The van der Waals surface area contributed by atoms with E-state index in [4.69, 9.17) is 9.47 Å². The molecule has 0 radical (unpaired) electrons. The molecule has 2 heterocycles. The predicted molar refractivity (Wildman–Crippen MR) is 100 cm³/mol. The third-order valence-electron chi connectivity index (χ3n) is 3.96. The highest BCUT2D eigenvalue weighted by Crippen LogP contribution is 2.33. The minimum atomic E-state index is -0.392. The summed E-state index contributed by atoms with van der Waals surface area (Å²) in [6.45, 7) is 4.47. The SMILES string of the molecule is CC(C)Oc1cc(-c2cnc(NC(=O)[C@H]3CCCCO3)s2)ccc1C#N. The number of anilines is 1. The zero-order valence-corrected chi connectivity index (χ0v) is 15.6. The summed E-state index contributed by atoms with van der Waals surface area (Å²) in [6.07, 6.45) is 4.05. The number of ether oxygens (including phenoxy) is 2. The zero-order chi connectivity index (χ0) is 18.5. The zero-order valence-electron chi connectivity index (χ0n) is 14.8. The first kappa shape index (κ1) is 18.4. The molecule has 0 bridgehead atoms. The predicted octanol–water partition coefficient (Wildman–Crippen LogP) is 3.98. The van der Waals surface area contributed by atoms with Crippen molar-refractivity contribution in [2.24, 2.45) is 0 Å². The second-order valence-corrected chi connectivity index (χ2v) is 7.39. The molecule has 1 aromatic carbocycles. The van der Waals surface area contributed by atoms with Crippen LogP contribution in [0.25, 0.3) is 10.4 Å². The van der Waals surface area contributed by atoms with Crippen LogP contribution in [0.1, 0.15) is 38.7 Å². The molecule has 6 nitrogen and oxygen atoms in total. The molecule has 1 saturated heterocycles. The van der Waals surface area contributed by atoms with Crippen LogP contribution in [0.4, 0.5) is 5.13 Å². The minimum absolute atomic E-state index is 0.0239. The molecule has 0 spiro atoms. The molecule has 2 aromatic rings. The fourth-order valence-corrected chi connectivity index (χ4v) is 3.53. The summed E-state index contributed by atoms with van der Waals surface area (Å²) < 4.78 is 11.2. The number of carbonyl (C=O) groups excluding carboxylic acids is 1. The number of hydrogen-bond acceptors (Lipinski definition) is 6. The van der Waals surface area contributed by atoms with Crippen LogP contribution < -0.4 is 10.1 Å². The van der Waals surface area contributed by atoms with Gasteiger partial charge in [-0.25, -0.2) is 4.98 Å². The summed E-state index contributed by atoms with van der Waals surface area (Å²) in [6, 6.07) is 7.57. The molecule has 7 heteroatoms. The molecule has 1 aliphatic heterocycles. The Morgan fingerprint density at radius 3 is 3.00 bits per heavy atom. The first-order valence-electron chi connectivity index (χ1n) is 8.66. The van der Waals surface area contributed by atoms with Gasteiger partial charge in [0.1, 0.15) is 17.9 Å². The van der Waals surface area contributed by atoms with E-state index in [2.05, 4.69) is 16.4 Å². The van der Waals surface area contributed by atoms with E-state index in [1.807, 2.05) is 26.0 Å². The lowest BCUT2D eigenvalue weighted by Gasteiger charge is -2.20. The molecule has 1 N–H and O–H groups in total. The molecule has 26 heavy (non-hydrogen) atoms. The number of nitrogens with zero attached hydrogens (tertiary/aromatic N) is 2. The van der Waals surface area contributed by atoms with Crippen molar-refractivity contribution in [2.75, 3.05) is 11.9 Å². The van der Waals surface area contributed by atoms with Gasteiger partial charge in [-0.3, -0.25) is 10.1 Å². The van der Waals surface area contributed by atoms with Crippen LogP contribution in [0.3, 0.4) is 0 Å². The van der Waals surface area contributed by atoms with Gasteiger partial charge in [0.15, 0.2) is 5.13 Å². The van der Waals surface area contributed by atoms with E-state index in [0.717, 1.165) is 29.7 Å². The molecule has 0 saturated carbocycles. The van der Waals surface area contributed by atoms with E-state index >= 15 is 0 Å². The van der Waals surface area contributed by atoms with Gasteiger partial charge in [-0.1, -0.05) is 17.4 Å². The van der Waals surface area contributed by atoms with Gasteiger partial charge in [-0.2, -0.15) is 5.26 Å². The Kier molecular flexibility index (Phi) is 5.86. The van der Waals surface area contributed by atoms with Crippen molar-refractivity contribution in [2.45, 2.75) is 45.3 Å². The van der Waals surface area contributed by atoms with Crippen molar-refractivity contribution in [1.82, 2.24) is 4.98 Å². The van der Waals surface area contributed by atoms with Gasteiger partial charge >= 0.3 is 0 Å². The standard InChI is InChI=1S/C19H21N3O3S/c1-12(2)25-16-9-13(6-7-14(16)10-20)17-11-21-19(26-17)22-18(23)15-5-3-4-8-24-15/h6-7,9,11-12,15H,3-5,8H2,1-2H3,(H,21,22,23)/t15-/m1/s1. The van der Waals surface area contributed by atoms with E-state index < -0.39 is 6.10 Å². The van der Waals surface area contributed by atoms with Gasteiger partial charge in [0, 0.05) is 12.8 Å². The number of hydrogen-bond donors (Lipinski definition) is 1. The van der Waals surface area contributed by atoms with Crippen LogP contribution in [0.15, 0.2) is 24.4 Å². The minimum Gasteiger partial charge on any atom is -0.490 e. The van der Waals surface area contributed by atoms with Gasteiger partial charge in [0.25, 0.3) is 5.91 Å². The van der Waals surface area contributed by atoms with E-state index in [0.29, 0.717) is 23.1 Å². The molecular weight excluding hydrogens is 350 g/mol. The van der Waals surface area contributed by atoms with Crippen LogP contribution in [-0.2, 0) is 9.53 Å². The Labute approximate surface area is 156 Å². The lowest BCUT2D eigenvalue weighted by Crippen LogP contribution is -2.33. The van der Waals surface area contributed by atoms with E-state index in [-0.39, 0.29) is 12.0 Å². The summed E-state index contributed by atoms with van der Waals surface area (Å²) in [4.78, 5) is 17.4. The second kappa shape index (κ2) is 8.30. The fraction of sp³-hybridized carbons (Fsp3) is 0.421. The van der Waals surface area contributed by atoms with E-state index in [9.17, 15) is 10.1 Å². The van der Waals surface area contributed by atoms with Crippen LogP contribution in [0.5, 0.6) is 5.75 Å². The average Bonchev–Trinajstić information content (AvgIpc) is 3.10. The number of aromatic nitrogens is 1. The van der Waals surface area contributed by atoms with Gasteiger partial charge in [0.05, 0.1) is 16.5 Å². The number of benzene rings is 1. The molecule has 1 aromatic heterocycles. The first-order chi connectivity index (χ1) is 12.6. The van der Waals surface area contributed by atoms with Crippen molar-refractivity contribution < 1.29 is 14.3 Å². The van der Waals surface area contributed by atoms with Crippen LogP contribution in [-0.4, -0.2) is 29.7 Å². The number of carbonyl (C=O) groups is 1. The summed E-state index contributed by atoms with van der Waals surface area (Å²) in [5.41, 5.74) is 1.39. The molecule has 1 aliphatic rings. The van der Waals surface area contributed by atoms with Crippen molar-refractivity contribution >= 4 is 22.4 Å². The third-order valence-corrected chi connectivity index (χ3v) is 4.92. The Bertz CT molecular complexity index is 820. The smallest absolute Gasteiger partial charge is 0.255 e. The highest BCUT2D eigenvalue weighted by atomic mass is 32.1. The molecule has 0 aliphatic carbocycles. The molecule has 3 rings (SSSR count). The van der Waals surface area contributed by atoms with Crippen LogP contribution >= 0.6 is 11.3 Å². The van der Waals surface area contributed by atoms with Crippen LogP contribution in [0, 0.1) is 11.3 Å². The Morgan fingerprint density at radius 1 is 1.46 bits per heavy atom. The van der Waals surface area contributed by atoms with E-state index in [1.54, 1.807) is 12.3 Å². The van der Waals surface area contributed by atoms with E-state index in [1.165, 1.54) is 11.3 Å². The number of rotatable bonds is 5. The molecule has 1 amide bonds. The largest absolute Gasteiger partial charge is 0.490 e. The van der Waals surface area contributed by atoms with Gasteiger partial charge < -0.3 is 9.47 Å². The number of thiazole rings is 1. The first-order valence-corrected chi connectivity index (χ1v) is 9.48. The highest BCUT2D eigenvalue weighted by Gasteiger charge is 2.23. The van der Waals surface area contributed by atoms with Crippen molar-refractivity contribution in [1.29, 1.82) is 5.26 Å². The number of amides is 1. The summed E-state index contributed by atoms with van der Waals surface area (Å²) in [5.74, 6) is 0.406. The van der Waals surface area contributed by atoms with Gasteiger partial charge in [-0.15, -0.1) is 0 Å². The second-order valence-electron chi connectivity index (χ2n) is 6.36. The van der Waals surface area contributed by atoms with Crippen molar-refractivity contribution in [3.05, 3.63) is 30.0 Å². The molecule has 136 valence electrons. The van der Waals surface area contributed by atoms with Gasteiger partial charge in [0.2, 0.25) is 0 Å². The van der Waals surface area contributed by atoms with Gasteiger partial charge in [-0.05, 0) is 50.8 Å². The summed E-state index contributed by atoms with van der Waals surface area (Å²) >= 11 is 1.38. The Hall–Kier alpha value is -2.43. The molecule has 1 fully saturated rings. The number of nitriles is 1. The Morgan fingerprint density at radius 2 is 2.31 bits per heavy atom. The van der Waals surface area contributed by atoms with Crippen molar-refractivity contribution in [3.8, 4) is 22.3 Å². The lowest BCUT2D eigenvalue weighted by molar-refractivity contribution is -0.129.